The van der Waals surface area contributed by atoms with Gasteiger partial charge in [-0.05, 0) is 0 Å². The maximum Gasteiger partial charge on any atom is 1.00 e. The monoisotopic (exact) mass is 304 g/mol. The number of phosphoric acid groups is 1. The average molecular weight is 303 g/mol. The van der Waals surface area contributed by atoms with Crippen LogP contribution in [-0.4, -0.2) is 29.2 Å². The molecule has 0 saturated heterocycles. The van der Waals surface area contributed by atoms with E-state index in [9.17, 15) is 0 Å². The first kappa shape index (κ1) is 24.0. The third-order valence-electron chi connectivity index (χ3n) is 0. The summed E-state index contributed by atoms with van der Waals surface area (Å²) in [4.78, 5) is 21.6. The van der Waals surface area contributed by atoms with Crippen LogP contribution in [0.1, 0.15) is 0 Å². The van der Waals surface area contributed by atoms with E-state index in [-0.39, 0.29) is 103 Å². The normalized spacial score (nSPS) is 8.55. The van der Waals surface area contributed by atoms with Crippen LogP contribution in [0.2, 0.25) is 0 Å². The van der Waals surface area contributed by atoms with Gasteiger partial charge < -0.3 is 14.7 Å². The van der Waals surface area contributed by atoms with E-state index in [2.05, 4.69) is 0 Å². The Morgan fingerprint density at radius 2 is 1.09 bits per heavy atom. The van der Waals surface area contributed by atoms with Crippen LogP contribution in [0.3, 0.4) is 0 Å². The second-order valence-corrected chi connectivity index (χ2v) is 2.60. The van der Waals surface area contributed by atoms with Crippen molar-refractivity contribution in [3.63, 3.8) is 0 Å². The Kier molecular flexibility index (Phi) is 29.8. The van der Waals surface area contributed by atoms with E-state index < -0.39 is 22.3 Å². The first-order valence-corrected chi connectivity index (χ1v) is 4.95. The first-order valence-electron chi connectivity index (χ1n) is 1.28. The molecule has 0 aromatic rings. The van der Waals surface area contributed by atoms with E-state index in [0.29, 0.717) is 0 Å². The molecular formula is H3K2O7PSe. The van der Waals surface area contributed by atoms with Crippen LogP contribution in [0.5, 0.6) is 0 Å². The van der Waals surface area contributed by atoms with E-state index in [1.807, 2.05) is 0 Å². The van der Waals surface area contributed by atoms with Crippen LogP contribution in [0.4, 0.5) is 0 Å². The fraction of sp³-hybridized carbons (Fsp3) is 0. The average Bonchev–Trinajstić information content (AvgIpc) is 1.19. The molecule has 0 spiro atoms. The maximum absolute atomic E-state index is 8.88. The van der Waals surface area contributed by atoms with Crippen molar-refractivity contribution in [3.05, 3.63) is 0 Å². The molecule has 7 nitrogen and oxygen atoms in total. The van der Waals surface area contributed by atoms with Gasteiger partial charge in [0.2, 0.25) is 0 Å². The zero-order valence-electron chi connectivity index (χ0n) is 5.83. The molecule has 0 fully saturated rings. The summed E-state index contributed by atoms with van der Waals surface area (Å²) >= 11 is -3.79. The molecule has 0 aliphatic carbocycles. The van der Waals surface area contributed by atoms with Crippen molar-refractivity contribution in [2.45, 2.75) is 0 Å². The van der Waals surface area contributed by atoms with Gasteiger partial charge in [-0.1, -0.05) is 0 Å². The summed E-state index contributed by atoms with van der Waals surface area (Å²) < 4.78 is 34.5. The molecule has 0 saturated carbocycles. The summed E-state index contributed by atoms with van der Waals surface area (Å²) in [5.41, 5.74) is 0. The quantitative estimate of drug-likeness (QED) is 0.298. The van der Waals surface area contributed by atoms with E-state index >= 15 is 0 Å². The topological polar surface area (TPSA) is 141 Å². The Balaban J connectivity index is -0.0000000383. The molecule has 11 heteroatoms. The molecule has 0 aromatic carbocycles. The first-order chi connectivity index (χ1) is 3.73. The largest absolute Gasteiger partial charge is 1.00 e. The van der Waals surface area contributed by atoms with Gasteiger partial charge in [0, 0.05) is 0 Å². The van der Waals surface area contributed by atoms with Crippen LogP contribution in [-0.2, 0) is 8.40 Å². The van der Waals surface area contributed by atoms with Crippen molar-refractivity contribution in [3.8, 4) is 0 Å². The Morgan fingerprint density at radius 3 is 1.09 bits per heavy atom. The van der Waals surface area contributed by atoms with Crippen LogP contribution in [0.25, 0.3) is 0 Å². The fourth-order valence-electron chi connectivity index (χ4n) is 0. The molecule has 0 radical (unpaired) electrons. The molecule has 11 heavy (non-hydrogen) atoms. The summed E-state index contributed by atoms with van der Waals surface area (Å²) in [5, 5.41) is 0. The fourth-order valence-corrected chi connectivity index (χ4v) is 0. The summed E-state index contributed by atoms with van der Waals surface area (Å²) in [6, 6.07) is 0. The van der Waals surface area contributed by atoms with Crippen LogP contribution >= 0.6 is 7.82 Å². The predicted molar refractivity (Wildman–Crippen MR) is 20.7 cm³/mol. The van der Waals surface area contributed by atoms with E-state index in [0.717, 1.165) is 0 Å². The number of hydrogen-bond donors (Lipinski definition) is 3. The predicted octanol–water partition coefficient (Wildman–Crippen LogP) is -9.80. The summed E-state index contributed by atoms with van der Waals surface area (Å²) in [6.45, 7) is 0. The van der Waals surface area contributed by atoms with Crippen molar-refractivity contribution in [1.82, 2.24) is 0 Å². The smallest absolute Gasteiger partial charge is 1.00 e. The Labute approximate surface area is 152 Å². The van der Waals surface area contributed by atoms with Gasteiger partial charge in [0.25, 0.3) is 0 Å². The summed E-state index contributed by atoms with van der Waals surface area (Å²) in [6.07, 6.45) is 0. The van der Waals surface area contributed by atoms with Crippen LogP contribution in [0, 0.1) is 0 Å². The standard InChI is InChI=1S/2K.H3O4P.H2O3Se/c;;1-5(2,3)4;1-4(2)3/h;;(H3,1,2,3,4);(H2,1,2,3)/q2*+1;;/p-2. The molecule has 0 aromatic heterocycles. The van der Waals surface area contributed by atoms with Crippen molar-refractivity contribution in [2.75, 3.05) is 0 Å². The summed E-state index contributed by atoms with van der Waals surface area (Å²) in [7, 11) is -4.64. The molecule has 0 atom stereocenters. The van der Waals surface area contributed by atoms with Crippen molar-refractivity contribution < 1.29 is 134 Å². The zero-order valence-corrected chi connectivity index (χ0v) is 14.7. The molecule has 0 heterocycles. The van der Waals surface area contributed by atoms with E-state index in [1.54, 1.807) is 0 Å². The third-order valence-corrected chi connectivity index (χ3v) is 0. The van der Waals surface area contributed by atoms with Gasteiger partial charge in [-0.15, -0.1) is 0 Å². The maximum atomic E-state index is 8.88. The molecule has 0 unspecified atom stereocenters. The van der Waals surface area contributed by atoms with E-state index in [4.69, 9.17) is 31.5 Å². The van der Waals surface area contributed by atoms with Gasteiger partial charge in [0.05, 0.1) is 0 Å². The van der Waals surface area contributed by atoms with Gasteiger partial charge in [-0.2, -0.15) is 0 Å². The van der Waals surface area contributed by atoms with Gasteiger partial charge in [-0.25, -0.2) is 4.57 Å². The molecule has 0 aliphatic rings. The molecule has 58 valence electrons. The number of hydrogen-bond acceptors (Lipinski definition) is 4. The minimum absolute atomic E-state index is 0. The van der Waals surface area contributed by atoms with Gasteiger partial charge in [-0.3, -0.25) is 0 Å². The molecule has 0 amide bonds. The third kappa shape index (κ3) is 140. The molecular weight excluding hydrogens is 300 g/mol. The minimum atomic E-state index is -4.64. The number of rotatable bonds is 0. The van der Waals surface area contributed by atoms with Gasteiger partial charge in [0.1, 0.15) is 0 Å². The van der Waals surface area contributed by atoms with Gasteiger partial charge >= 0.3 is 137 Å². The van der Waals surface area contributed by atoms with Crippen molar-refractivity contribution >= 4 is 22.3 Å². The van der Waals surface area contributed by atoms with Crippen molar-refractivity contribution in [2.24, 2.45) is 0 Å². The van der Waals surface area contributed by atoms with Gasteiger partial charge in [0.15, 0.2) is 0 Å². The van der Waals surface area contributed by atoms with E-state index in [1.165, 1.54) is 0 Å². The second kappa shape index (κ2) is 13.6. The Hall–Kier alpha value is 3.62. The van der Waals surface area contributed by atoms with Crippen LogP contribution in [0.15, 0.2) is 0 Å². The second-order valence-electron chi connectivity index (χ2n) is 0.717. The Morgan fingerprint density at radius 1 is 1.09 bits per heavy atom. The minimum Gasteiger partial charge on any atom is 1.00 e. The molecule has 3 N–H and O–H groups in total. The Bertz CT molecular complexity index is 116. The SMILES string of the molecule is O=P(O)(O)O.O=[Se]([O-])[O-].[K+].[K+]. The molecule has 0 bridgehead atoms. The summed E-state index contributed by atoms with van der Waals surface area (Å²) in [5.74, 6) is 0. The van der Waals surface area contributed by atoms with Crippen LogP contribution < -0.4 is 111 Å². The molecule has 0 rings (SSSR count). The van der Waals surface area contributed by atoms with Crippen molar-refractivity contribution in [1.29, 1.82) is 0 Å². The molecule has 0 aliphatic heterocycles. The zero-order chi connectivity index (χ0) is 8.08.